The Kier molecular flexibility index (Phi) is 3.57. The number of carboxylic acid groups (broad SMARTS) is 1. The molecule has 2 rings (SSSR count). The normalized spacial score (nSPS) is 22.5. The molecule has 0 saturated carbocycles. The van der Waals surface area contributed by atoms with Gasteiger partial charge >= 0.3 is 5.97 Å². The molecule has 1 heterocycles. The van der Waals surface area contributed by atoms with E-state index in [1.54, 1.807) is 0 Å². The number of carbonyl (C=O) groups is 2. The van der Waals surface area contributed by atoms with E-state index in [9.17, 15) is 9.59 Å². The molecular weight excluding hydrogens is 244 g/mol. The summed E-state index contributed by atoms with van der Waals surface area (Å²) >= 11 is 0. The Labute approximate surface area is 112 Å². The standard InChI is InChI=1S/C14H18N2O3/c1-10-2-4-11(5-3-10)8-12(17)16-7-6-14(15,9-16)13(18)19/h2-5H,6-9,15H2,1H3,(H,18,19). The second-order valence-corrected chi connectivity index (χ2v) is 5.19. The summed E-state index contributed by atoms with van der Waals surface area (Å²) in [5.74, 6) is -1.12. The summed E-state index contributed by atoms with van der Waals surface area (Å²) in [5.41, 5.74) is 6.53. The van der Waals surface area contributed by atoms with Gasteiger partial charge in [0.2, 0.25) is 5.91 Å². The van der Waals surface area contributed by atoms with E-state index < -0.39 is 11.5 Å². The van der Waals surface area contributed by atoms with E-state index in [2.05, 4.69) is 0 Å². The third kappa shape index (κ3) is 2.93. The molecular formula is C14H18N2O3. The SMILES string of the molecule is Cc1ccc(CC(=O)N2CCC(N)(C(=O)O)C2)cc1. The van der Waals surface area contributed by atoms with E-state index in [1.807, 2.05) is 31.2 Å². The molecule has 5 heteroatoms. The molecule has 0 bridgehead atoms. The topological polar surface area (TPSA) is 83.6 Å². The van der Waals surface area contributed by atoms with E-state index in [-0.39, 0.29) is 18.9 Å². The van der Waals surface area contributed by atoms with Crippen LogP contribution < -0.4 is 5.73 Å². The van der Waals surface area contributed by atoms with Crippen molar-refractivity contribution >= 4 is 11.9 Å². The lowest BCUT2D eigenvalue weighted by atomic mass is 10.0. The van der Waals surface area contributed by atoms with Gasteiger partial charge in [-0.25, -0.2) is 0 Å². The number of amides is 1. The van der Waals surface area contributed by atoms with Crippen LogP contribution in [-0.2, 0) is 16.0 Å². The summed E-state index contributed by atoms with van der Waals surface area (Å²) in [7, 11) is 0. The molecule has 1 amide bonds. The van der Waals surface area contributed by atoms with E-state index in [0.29, 0.717) is 13.0 Å². The van der Waals surface area contributed by atoms with Crippen LogP contribution in [0.2, 0.25) is 0 Å². The Morgan fingerprint density at radius 1 is 1.37 bits per heavy atom. The zero-order valence-corrected chi connectivity index (χ0v) is 10.9. The van der Waals surface area contributed by atoms with Gasteiger partial charge in [-0.05, 0) is 18.9 Å². The van der Waals surface area contributed by atoms with E-state index >= 15 is 0 Å². The van der Waals surface area contributed by atoms with Crippen molar-refractivity contribution in [3.05, 3.63) is 35.4 Å². The summed E-state index contributed by atoms with van der Waals surface area (Å²) in [6.07, 6.45) is 0.595. The predicted molar refractivity (Wildman–Crippen MR) is 70.6 cm³/mol. The Bertz CT molecular complexity index is 498. The lowest BCUT2D eigenvalue weighted by molar-refractivity contribution is -0.143. The van der Waals surface area contributed by atoms with Gasteiger partial charge in [-0.2, -0.15) is 0 Å². The highest BCUT2D eigenvalue weighted by Gasteiger charge is 2.42. The van der Waals surface area contributed by atoms with Crippen LogP contribution in [0.1, 0.15) is 17.5 Å². The van der Waals surface area contributed by atoms with Crippen molar-refractivity contribution in [1.29, 1.82) is 0 Å². The molecule has 19 heavy (non-hydrogen) atoms. The molecule has 5 nitrogen and oxygen atoms in total. The lowest BCUT2D eigenvalue weighted by Gasteiger charge is -2.20. The van der Waals surface area contributed by atoms with Crippen molar-refractivity contribution < 1.29 is 14.7 Å². The number of nitrogens with two attached hydrogens (primary N) is 1. The Balaban J connectivity index is 1.98. The van der Waals surface area contributed by atoms with Crippen molar-refractivity contribution in [3.63, 3.8) is 0 Å². The van der Waals surface area contributed by atoms with Crippen LogP contribution in [-0.4, -0.2) is 40.5 Å². The van der Waals surface area contributed by atoms with Gasteiger partial charge in [0.25, 0.3) is 0 Å². The minimum absolute atomic E-state index is 0.0718. The quantitative estimate of drug-likeness (QED) is 0.833. The number of hydrogen-bond acceptors (Lipinski definition) is 3. The minimum Gasteiger partial charge on any atom is -0.480 e. The Morgan fingerprint density at radius 3 is 2.53 bits per heavy atom. The van der Waals surface area contributed by atoms with Crippen LogP contribution in [0.5, 0.6) is 0 Å². The number of likely N-dealkylation sites (tertiary alicyclic amines) is 1. The fourth-order valence-electron chi connectivity index (χ4n) is 2.21. The number of rotatable bonds is 3. The van der Waals surface area contributed by atoms with E-state index in [1.165, 1.54) is 4.90 Å². The number of nitrogens with zero attached hydrogens (tertiary/aromatic N) is 1. The molecule has 102 valence electrons. The highest BCUT2D eigenvalue weighted by molar-refractivity contribution is 5.84. The minimum atomic E-state index is -1.29. The van der Waals surface area contributed by atoms with Gasteiger partial charge in [0, 0.05) is 13.1 Å². The Hall–Kier alpha value is -1.88. The van der Waals surface area contributed by atoms with Crippen molar-refractivity contribution in [2.24, 2.45) is 5.73 Å². The van der Waals surface area contributed by atoms with Gasteiger partial charge in [-0.3, -0.25) is 9.59 Å². The second-order valence-electron chi connectivity index (χ2n) is 5.19. The van der Waals surface area contributed by atoms with Gasteiger partial charge in [-0.15, -0.1) is 0 Å². The van der Waals surface area contributed by atoms with Gasteiger partial charge in [0.15, 0.2) is 0 Å². The third-order valence-corrected chi connectivity index (χ3v) is 3.56. The first kappa shape index (κ1) is 13.5. The summed E-state index contributed by atoms with van der Waals surface area (Å²) in [5, 5.41) is 9.03. The van der Waals surface area contributed by atoms with E-state index in [0.717, 1.165) is 11.1 Å². The van der Waals surface area contributed by atoms with Crippen molar-refractivity contribution in [2.75, 3.05) is 13.1 Å². The van der Waals surface area contributed by atoms with Gasteiger partial charge in [0.05, 0.1) is 6.42 Å². The molecule has 1 saturated heterocycles. The molecule has 0 aliphatic carbocycles. The summed E-state index contributed by atoms with van der Waals surface area (Å²) in [6.45, 7) is 2.49. The van der Waals surface area contributed by atoms with Crippen LogP contribution in [0.3, 0.4) is 0 Å². The molecule has 1 fully saturated rings. The molecule has 1 aliphatic heterocycles. The molecule has 0 radical (unpaired) electrons. The first-order valence-electron chi connectivity index (χ1n) is 6.26. The molecule has 1 aromatic rings. The lowest BCUT2D eigenvalue weighted by Crippen LogP contribution is -2.50. The molecule has 0 spiro atoms. The molecule has 0 aromatic heterocycles. The third-order valence-electron chi connectivity index (χ3n) is 3.56. The number of carbonyl (C=O) groups excluding carboxylic acids is 1. The Morgan fingerprint density at radius 2 is 2.00 bits per heavy atom. The maximum atomic E-state index is 12.1. The largest absolute Gasteiger partial charge is 0.480 e. The first-order chi connectivity index (χ1) is 8.90. The fourth-order valence-corrected chi connectivity index (χ4v) is 2.21. The zero-order valence-electron chi connectivity index (χ0n) is 10.9. The van der Waals surface area contributed by atoms with Crippen LogP contribution in [0.4, 0.5) is 0 Å². The van der Waals surface area contributed by atoms with Crippen molar-refractivity contribution in [3.8, 4) is 0 Å². The second kappa shape index (κ2) is 5.01. The molecule has 1 atom stereocenters. The summed E-state index contributed by atoms with van der Waals surface area (Å²) in [4.78, 5) is 24.6. The first-order valence-corrected chi connectivity index (χ1v) is 6.26. The smallest absolute Gasteiger partial charge is 0.325 e. The number of aryl methyl sites for hydroxylation is 1. The van der Waals surface area contributed by atoms with Gasteiger partial charge < -0.3 is 15.7 Å². The number of carboxylic acids is 1. The van der Waals surface area contributed by atoms with Crippen molar-refractivity contribution in [1.82, 2.24) is 4.90 Å². The highest BCUT2D eigenvalue weighted by Crippen LogP contribution is 2.20. The maximum Gasteiger partial charge on any atom is 0.325 e. The maximum absolute atomic E-state index is 12.1. The molecule has 1 unspecified atom stereocenters. The van der Waals surface area contributed by atoms with Gasteiger partial charge in [-0.1, -0.05) is 29.8 Å². The summed E-state index contributed by atoms with van der Waals surface area (Å²) in [6, 6.07) is 7.74. The predicted octanol–water partition coefficient (Wildman–Crippen LogP) is 0.552. The molecule has 1 aromatic carbocycles. The van der Waals surface area contributed by atoms with Crippen LogP contribution in [0, 0.1) is 6.92 Å². The van der Waals surface area contributed by atoms with Crippen molar-refractivity contribution in [2.45, 2.75) is 25.3 Å². The van der Waals surface area contributed by atoms with Crippen LogP contribution in [0.25, 0.3) is 0 Å². The van der Waals surface area contributed by atoms with Gasteiger partial charge in [0.1, 0.15) is 5.54 Å². The average molecular weight is 262 g/mol. The van der Waals surface area contributed by atoms with E-state index in [4.69, 9.17) is 10.8 Å². The number of benzene rings is 1. The van der Waals surface area contributed by atoms with Crippen LogP contribution >= 0.6 is 0 Å². The highest BCUT2D eigenvalue weighted by atomic mass is 16.4. The van der Waals surface area contributed by atoms with Crippen LogP contribution in [0.15, 0.2) is 24.3 Å². The number of aliphatic carboxylic acids is 1. The zero-order chi connectivity index (χ0) is 14.0. The molecule has 1 aliphatic rings. The summed E-state index contributed by atoms with van der Waals surface area (Å²) < 4.78 is 0. The molecule has 3 N–H and O–H groups in total. The fraction of sp³-hybridized carbons (Fsp3) is 0.429. The average Bonchev–Trinajstić information content (AvgIpc) is 2.76. The number of hydrogen-bond donors (Lipinski definition) is 2. The monoisotopic (exact) mass is 262 g/mol.